The number of nitrogen functional groups attached to an aromatic ring is 1. The molecule has 0 radical (unpaired) electrons. The number of hydrogen-bond acceptors (Lipinski definition) is 6. The Morgan fingerprint density at radius 2 is 1.50 bits per heavy atom. The molecule has 2 heterocycles. The highest BCUT2D eigenvalue weighted by Crippen LogP contribution is 2.32. The molecule has 1 aromatic heterocycles. The Hall–Kier alpha value is -4.32. The number of likely N-dealkylation sites (tertiary alicyclic amines) is 1. The molecule has 1 aliphatic rings. The van der Waals surface area contributed by atoms with Crippen LogP contribution in [0.2, 0.25) is 0 Å². The smallest absolute Gasteiger partial charge is 0.243 e. The molecule has 0 aliphatic carbocycles. The molecule has 5 N–H and O–H groups in total. The van der Waals surface area contributed by atoms with E-state index in [0.717, 1.165) is 16.0 Å². The molecule has 5 rings (SSSR count). The number of benzene rings is 3. The lowest BCUT2D eigenvalue weighted by Crippen LogP contribution is -2.55. The van der Waals surface area contributed by atoms with Gasteiger partial charge in [0.1, 0.15) is 17.9 Å². The molecule has 1 aliphatic heterocycles. The molecule has 44 heavy (non-hydrogen) atoms. The second-order valence-corrected chi connectivity index (χ2v) is 13.6. The van der Waals surface area contributed by atoms with Crippen LogP contribution >= 0.6 is 11.3 Å². The van der Waals surface area contributed by atoms with E-state index in [1.54, 1.807) is 36.4 Å². The summed E-state index contributed by atoms with van der Waals surface area (Å²) in [6, 6.07) is 29.1. The van der Waals surface area contributed by atoms with Crippen molar-refractivity contribution in [2.45, 2.75) is 43.1 Å². The summed E-state index contributed by atoms with van der Waals surface area (Å²) in [6.45, 7) is 0.566. The third kappa shape index (κ3) is 7.60. The number of carbonyl (C=O) groups is 2. The van der Waals surface area contributed by atoms with E-state index in [2.05, 4.69) is 10.0 Å². The first-order valence-corrected chi connectivity index (χ1v) is 16.8. The van der Waals surface area contributed by atoms with Crippen LogP contribution in [0.4, 0.5) is 0 Å². The summed E-state index contributed by atoms with van der Waals surface area (Å²) in [7, 11) is -3.98. The van der Waals surface area contributed by atoms with Gasteiger partial charge in [0.25, 0.3) is 0 Å². The number of nitrogens with zero attached hydrogens (tertiary/aromatic N) is 1. The summed E-state index contributed by atoms with van der Waals surface area (Å²) in [5, 5.41) is 10.5. The maximum atomic E-state index is 14.5. The van der Waals surface area contributed by atoms with Crippen molar-refractivity contribution in [2.75, 3.05) is 6.54 Å². The molecular weight excluding hydrogens is 595 g/mol. The zero-order chi connectivity index (χ0) is 31.1. The van der Waals surface area contributed by atoms with Crippen molar-refractivity contribution in [3.8, 4) is 0 Å². The second-order valence-electron chi connectivity index (χ2n) is 10.7. The first-order valence-electron chi connectivity index (χ1n) is 14.4. The molecule has 2 atom stereocenters. The average Bonchev–Trinajstić information content (AvgIpc) is 3.71. The van der Waals surface area contributed by atoms with Crippen LogP contribution in [0.25, 0.3) is 0 Å². The van der Waals surface area contributed by atoms with Gasteiger partial charge < -0.3 is 16.0 Å². The largest absolute Gasteiger partial charge is 0.383 e. The van der Waals surface area contributed by atoms with Gasteiger partial charge in [0, 0.05) is 17.3 Å². The molecule has 0 saturated carbocycles. The standard InChI is InChI=1S/C33H35N5O4S2/c34-31(35)28-19-18-26(43-28)21-36-32(39)27-17-10-20-38(27)33(40)30(37-44(41,42)22-23-11-4-1-5-12-23)29(24-13-6-2-7-14-24)25-15-8-3-9-16-25/h1-9,11-16,18-19,27,29-30,37H,10,17,20-22H2,(H3,34,35)(H,36,39). The van der Waals surface area contributed by atoms with Gasteiger partial charge in [-0.3, -0.25) is 15.0 Å². The van der Waals surface area contributed by atoms with Crippen LogP contribution in [0, 0.1) is 5.41 Å². The Morgan fingerprint density at radius 3 is 2.07 bits per heavy atom. The number of amidine groups is 1. The van der Waals surface area contributed by atoms with E-state index in [0.29, 0.717) is 29.8 Å². The Morgan fingerprint density at radius 1 is 0.909 bits per heavy atom. The quantitative estimate of drug-likeness (QED) is 0.139. The normalized spacial score (nSPS) is 15.7. The van der Waals surface area contributed by atoms with Gasteiger partial charge in [0.05, 0.1) is 17.2 Å². The van der Waals surface area contributed by atoms with Gasteiger partial charge in [-0.2, -0.15) is 0 Å². The lowest BCUT2D eigenvalue weighted by Gasteiger charge is -2.33. The molecule has 0 bridgehead atoms. The molecule has 2 amide bonds. The molecular formula is C33H35N5O4S2. The minimum atomic E-state index is -3.98. The summed E-state index contributed by atoms with van der Waals surface area (Å²) in [6.07, 6.45) is 1.08. The third-order valence-electron chi connectivity index (χ3n) is 7.63. The van der Waals surface area contributed by atoms with E-state index < -0.39 is 33.9 Å². The van der Waals surface area contributed by atoms with Crippen LogP contribution in [0.1, 0.15) is 45.2 Å². The first kappa shape index (κ1) is 31.1. The lowest BCUT2D eigenvalue weighted by atomic mass is 9.84. The fraction of sp³-hybridized carbons (Fsp3) is 0.242. The van der Waals surface area contributed by atoms with Gasteiger partial charge in [-0.05, 0) is 41.7 Å². The van der Waals surface area contributed by atoms with Gasteiger partial charge in [-0.15, -0.1) is 11.3 Å². The van der Waals surface area contributed by atoms with E-state index in [1.165, 1.54) is 16.2 Å². The Labute approximate surface area is 261 Å². The average molecular weight is 630 g/mol. The highest BCUT2D eigenvalue weighted by molar-refractivity contribution is 7.88. The summed E-state index contributed by atoms with van der Waals surface area (Å²) in [5.41, 5.74) is 7.72. The Bertz CT molecular complexity index is 1660. The Kier molecular flexibility index (Phi) is 9.89. The van der Waals surface area contributed by atoms with Crippen LogP contribution in [0.15, 0.2) is 103 Å². The van der Waals surface area contributed by atoms with E-state index in [4.69, 9.17) is 11.1 Å². The zero-order valence-electron chi connectivity index (χ0n) is 24.1. The molecule has 3 aromatic carbocycles. The summed E-state index contributed by atoms with van der Waals surface area (Å²) in [4.78, 5) is 30.9. The topological polar surface area (TPSA) is 145 Å². The lowest BCUT2D eigenvalue weighted by molar-refractivity contribution is -0.140. The van der Waals surface area contributed by atoms with E-state index >= 15 is 0 Å². The monoisotopic (exact) mass is 629 g/mol. The van der Waals surface area contributed by atoms with E-state index in [1.807, 2.05) is 66.7 Å². The first-order chi connectivity index (χ1) is 21.2. The number of thiophene rings is 1. The predicted octanol–water partition coefficient (Wildman–Crippen LogP) is 3.96. The van der Waals surface area contributed by atoms with Gasteiger partial charge in [-0.1, -0.05) is 91.0 Å². The summed E-state index contributed by atoms with van der Waals surface area (Å²) in [5.74, 6) is -1.73. The number of rotatable bonds is 12. The number of carbonyl (C=O) groups excluding carboxylic acids is 2. The van der Waals surface area contributed by atoms with Crippen molar-refractivity contribution < 1.29 is 18.0 Å². The number of nitrogens with one attached hydrogen (secondary N) is 3. The molecule has 1 fully saturated rings. The van der Waals surface area contributed by atoms with Crippen molar-refractivity contribution in [1.29, 1.82) is 5.41 Å². The molecule has 2 unspecified atom stereocenters. The van der Waals surface area contributed by atoms with Crippen molar-refractivity contribution in [3.63, 3.8) is 0 Å². The number of amides is 2. The molecule has 9 nitrogen and oxygen atoms in total. The van der Waals surface area contributed by atoms with Crippen LogP contribution in [-0.4, -0.2) is 49.6 Å². The van der Waals surface area contributed by atoms with E-state index in [9.17, 15) is 18.0 Å². The summed E-state index contributed by atoms with van der Waals surface area (Å²) >= 11 is 1.32. The van der Waals surface area contributed by atoms with Crippen LogP contribution in [0.3, 0.4) is 0 Å². The van der Waals surface area contributed by atoms with Crippen LogP contribution in [-0.2, 0) is 31.9 Å². The minimum Gasteiger partial charge on any atom is -0.383 e. The molecule has 1 saturated heterocycles. The highest BCUT2D eigenvalue weighted by Gasteiger charge is 2.42. The molecule has 0 spiro atoms. The SMILES string of the molecule is N=C(N)c1ccc(CNC(=O)C2CCCN2C(=O)C(NS(=O)(=O)Cc2ccccc2)C(c2ccccc2)c2ccccc2)s1. The molecule has 4 aromatic rings. The maximum absolute atomic E-state index is 14.5. The van der Waals surface area contributed by atoms with Gasteiger partial charge >= 0.3 is 0 Å². The number of nitrogens with two attached hydrogens (primary N) is 1. The number of sulfonamides is 1. The van der Waals surface area contributed by atoms with Crippen molar-refractivity contribution >= 4 is 39.0 Å². The van der Waals surface area contributed by atoms with Gasteiger partial charge in [0.15, 0.2) is 0 Å². The Balaban J connectivity index is 1.45. The maximum Gasteiger partial charge on any atom is 0.243 e. The third-order valence-corrected chi connectivity index (χ3v) is 10.1. The predicted molar refractivity (Wildman–Crippen MR) is 173 cm³/mol. The second kappa shape index (κ2) is 14.0. The van der Waals surface area contributed by atoms with Crippen molar-refractivity contribution in [2.24, 2.45) is 5.73 Å². The van der Waals surface area contributed by atoms with Gasteiger partial charge in [-0.25, -0.2) is 13.1 Å². The summed E-state index contributed by atoms with van der Waals surface area (Å²) < 4.78 is 30.0. The molecule has 228 valence electrons. The number of hydrogen-bond donors (Lipinski definition) is 4. The van der Waals surface area contributed by atoms with Gasteiger partial charge in [0.2, 0.25) is 21.8 Å². The highest BCUT2D eigenvalue weighted by atomic mass is 32.2. The fourth-order valence-electron chi connectivity index (χ4n) is 5.58. The molecule has 11 heteroatoms. The van der Waals surface area contributed by atoms with Crippen LogP contribution < -0.4 is 15.8 Å². The minimum absolute atomic E-state index is 0.0349. The fourth-order valence-corrected chi connectivity index (χ4v) is 7.73. The van der Waals surface area contributed by atoms with Crippen molar-refractivity contribution in [1.82, 2.24) is 14.9 Å². The van der Waals surface area contributed by atoms with Crippen LogP contribution in [0.5, 0.6) is 0 Å². The van der Waals surface area contributed by atoms with Crippen molar-refractivity contribution in [3.05, 3.63) is 130 Å². The zero-order valence-corrected chi connectivity index (χ0v) is 25.7. The van der Waals surface area contributed by atoms with E-state index in [-0.39, 0.29) is 24.0 Å².